The van der Waals surface area contributed by atoms with Gasteiger partial charge < -0.3 is 15.4 Å². The summed E-state index contributed by atoms with van der Waals surface area (Å²) in [6.07, 6.45) is 0.595. The Balaban J connectivity index is 2.35. The molecule has 2 rings (SSSR count). The number of nitrogen functional groups attached to an aromatic ring is 1. The molecular weight excluding hydrogens is 294 g/mol. The summed E-state index contributed by atoms with van der Waals surface area (Å²) in [5, 5.41) is 0. The number of nitrogens with two attached hydrogens (primary N) is 1. The third-order valence-electron chi connectivity index (χ3n) is 3.47. The average Bonchev–Trinajstić information content (AvgIpc) is 2.61. The highest BCUT2D eigenvalue weighted by Gasteiger charge is 2.31. The summed E-state index contributed by atoms with van der Waals surface area (Å²) in [5.41, 5.74) is 5.92. The molecule has 1 aliphatic rings. The Kier molecular flexibility index (Phi) is 4.38. The summed E-state index contributed by atoms with van der Waals surface area (Å²) >= 11 is 0. The average molecular weight is 313 g/mol. The van der Waals surface area contributed by atoms with Gasteiger partial charge in [-0.1, -0.05) is 0 Å². The molecule has 0 aromatic heterocycles. The van der Waals surface area contributed by atoms with Crippen molar-refractivity contribution in [2.75, 3.05) is 39.5 Å². The number of methoxy groups -OCH3 is 1. The van der Waals surface area contributed by atoms with Gasteiger partial charge in [-0.3, -0.25) is 4.79 Å². The smallest absolute Gasteiger partial charge is 0.245 e. The van der Waals surface area contributed by atoms with E-state index in [4.69, 9.17) is 10.5 Å². The first kappa shape index (κ1) is 15.6. The van der Waals surface area contributed by atoms with Gasteiger partial charge in [-0.15, -0.1) is 0 Å². The number of ether oxygens (including phenoxy) is 1. The molecule has 0 radical (unpaired) electrons. The van der Waals surface area contributed by atoms with Crippen molar-refractivity contribution in [3.05, 3.63) is 18.2 Å². The number of hydrogen-bond donors (Lipinski definition) is 1. The van der Waals surface area contributed by atoms with Crippen LogP contribution in [0.15, 0.2) is 23.1 Å². The minimum atomic E-state index is -3.79. The first-order valence-electron chi connectivity index (χ1n) is 6.54. The number of likely N-dealkylation sites (N-methyl/N-ethyl adjacent to an activating group) is 1. The van der Waals surface area contributed by atoms with Crippen LogP contribution in [0.2, 0.25) is 0 Å². The minimum Gasteiger partial charge on any atom is -0.497 e. The van der Waals surface area contributed by atoms with Gasteiger partial charge in [0.2, 0.25) is 15.9 Å². The highest BCUT2D eigenvalue weighted by Crippen LogP contribution is 2.27. The zero-order valence-corrected chi connectivity index (χ0v) is 12.9. The number of sulfonamides is 1. The summed E-state index contributed by atoms with van der Waals surface area (Å²) in [5.74, 6) is 0.265. The molecular formula is C13H19N3O4S. The van der Waals surface area contributed by atoms with Gasteiger partial charge in [0.1, 0.15) is 10.6 Å². The van der Waals surface area contributed by atoms with Gasteiger partial charge in [-0.25, -0.2) is 8.42 Å². The molecule has 0 atom stereocenters. The molecule has 0 spiro atoms. The lowest BCUT2D eigenvalue weighted by molar-refractivity contribution is -0.129. The second-order valence-electron chi connectivity index (χ2n) is 4.91. The van der Waals surface area contributed by atoms with Crippen LogP contribution in [0, 0.1) is 0 Å². The molecule has 21 heavy (non-hydrogen) atoms. The van der Waals surface area contributed by atoms with E-state index in [1.165, 1.54) is 34.5 Å². The molecule has 0 bridgehead atoms. The molecule has 1 fully saturated rings. The molecule has 1 aromatic carbocycles. The van der Waals surface area contributed by atoms with Crippen LogP contribution >= 0.6 is 0 Å². The number of anilines is 1. The first-order valence-corrected chi connectivity index (χ1v) is 7.98. The van der Waals surface area contributed by atoms with Crippen LogP contribution in [0.5, 0.6) is 5.75 Å². The summed E-state index contributed by atoms with van der Waals surface area (Å²) in [6.45, 7) is 0.678. The zero-order chi connectivity index (χ0) is 15.6. The van der Waals surface area contributed by atoms with Gasteiger partial charge in [0.05, 0.1) is 19.3 Å². The van der Waals surface area contributed by atoms with Gasteiger partial charge in [-0.05, 0) is 18.6 Å². The zero-order valence-electron chi connectivity index (χ0n) is 12.1. The van der Waals surface area contributed by atoms with Crippen LogP contribution in [0.25, 0.3) is 0 Å². The Morgan fingerprint density at radius 2 is 2.00 bits per heavy atom. The van der Waals surface area contributed by atoms with Crippen LogP contribution in [0.3, 0.4) is 0 Å². The Morgan fingerprint density at radius 3 is 2.62 bits per heavy atom. The molecule has 1 aliphatic heterocycles. The second kappa shape index (κ2) is 5.90. The summed E-state index contributed by atoms with van der Waals surface area (Å²) in [4.78, 5) is 13.4. The second-order valence-corrected chi connectivity index (χ2v) is 6.82. The Morgan fingerprint density at radius 1 is 1.29 bits per heavy atom. The van der Waals surface area contributed by atoms with Crippen molar-refractivity contribution in [1.29, 1.82) is 0 Å². The quantitative estimate of drug-likeness (QED) is 0.801. The van der Waals surface area contributed by atoms with Crippen molar-refractivity contribution in [3.8, 4) is 5.75 Å². The van der Waals surface area contributed by atoms with E-state index < -0.39 is 10.0 Å². The van der Waals surface area contributed by atoms with Crippen molar-refractivity contribution in [2.45, 2.75) is 11.3 Å². The fraction of sp³-hybridized carbons (Fsp3) is 0.462. The highest BCUT2D eigenvalue weighted by atomic mass is 32.2. The normalized spacial score (nSPS) is 17.6. The molecule has 2 N–H and O–H groups in total. The standard InChI is InChI=1S/C13H19N3O4S/c1-15-6-3-7-16(9-13(15)17)21(18,19)12-5-4-10(20-2)8-11(12)14/h4-5,8H,3,6-7,9,14H2,1-2H3. The molecule has 7 nitrogen and oxygen atoms in total. The van der Waals surface area contributed by atoms with Gasteiger partial charge in [0, 0.05) is 26.2 Å². The molecule has 1 heterocycles. The maximum atomic E-state index is 12.6. The Bertz CT molecular complexity index is 645. The van der Waals surface area contributed by atoms with Crippen LogP contribution in [0.1, 0.15) is 6.42 Å². The van der Waals surface area contributed by atoms with Crippen molar-refractivity contribution in [1.82, 2.24) is 9.21 Å². The first-order chi connectivity index (χ1) is 9.86. The summed E-state index contributed by atoms with van der Waals surface area (Å²) < 4.78 is 31.5. The SMILES string of the molecule is COc1ccc(S(=O)(=O)N2CCCN(C)C(=O)C2)c(N)c1. The van der Waals surface area contributed by atoms with E-state index in [2.05, 4.69) is 0 Å². The number of hydrogen-bond acceptors (Lipinski definition) is 5. The molecule has 1 aromatic rings. The number of benzene rings is 1. The van der Waals surface area contributed by atoms with Gasteiger partial charge in [0.15, 0.2) is 0 Å². The molecule has 0 unspecified atom stereocenters. The van der Waals surface area contributed by atoms with Crippen LogP contribution in [0.4, 0.5) is 5.69 Å². The van der Waals surface area contributed by atoms with E-state index in [0.717, 1.165) is 0 Å². The minimum absolute atomic E-state index is 0.000605. The third-order valence-corrected chi connectivity index (χ3v) is 5.39. The molecule has 0 saturated carbocycles. The number of rotatable bonds is 3. The topological polar surface area (TPSA) is 92.9 Å². The molecule has 116 valence electrons. The molecule has 1 saturated heterocycles. The fourth-order valence-corrected chi connectivity index (χ4v) is 3.72. The van der Waals surface area contributed by atoms with Gasteiger partial charge >= 0.3 is 0 Å². The largest absolute Gasteiger partial charge is 0.497 e. The molecule has 1 amide bonds. The third kappa shape index (κ3) is 3.11. The summed E-state index contributed by atoms with van der Waals surface area (Å²) in [7, 11) is -0.647. The van der Waals surface area contributed by atoms with E-state index in [0.29, 0.717) is 25.3 Å². The van der Waals surface area contributed by atoms with Crippen LogP contribution in [-0.4, -0.2) is 57.3 Å². The van der Waals surface area contributed by atoms with Gasteiger partial charge in [-0.2, -0.15) is 4.31 Å². The predicted molar refractivity (Wildman–Crippen MR) is 78.4 cm³/mol. The van der Waals surface area contributed by atoms with Crippen molar-refractivity contribution < 1.29 is 17.9 Å². The maximum absolute atomic E-state index is 12.6. The lowest BCUT2D eigenvalue weighted by Gasteiger charge is -2.20. The van der Waals surface area contributed by atoms with Gasteiger partial charge in [0.25, 0.3) is 0 Å². The number of carbonyl (C=O) groups is 1. The van der Waals surface area contributed by atoms with E-state index in [1.54, 1.807) is 7.05 Å². The van der Waals surface area contributed by atoms with Crippen LogP contribution in [-0.2, 0) is 14.8 Å². The number of carbonyl (C=O) groups excluding carboxylic acids is 1. The van der Waals surface area contributed by atoms with Crippen molar-refractivity contribution in [2.24, 2.45) is 0 Å². The Hall–Kier alpha value is -1.80. The lowest BCUT2D eigenvalue weighted by atomic mass is 10.3. The summed E-state index contributed by atoms with van der Waals surface area (Å²) in [6, 6.07) is 4.40. The number of nitrogens with zero attached hydrogens (tertiary/aromatic N) is 2. The highest BCUT2D eigenvalue weighted by molar-refractivity contribution is 7.89. The van der Waals surface area contributed by atoms with E-state index >= 15 is 0 Å². The molecule has 8 heteroatoms. The van der Waals surface area contributed by atoms with Crippen molar-refractivity contribution >= 4 is 21.6 Å². The fourth-order valence-electron chi connectivity index (χ4n) is 2.19. The predicted octanol–water partition coefficient (Wildman–Crippen LogP) is 0.130. The lowest BCUT2D eigenvalue weighted by Crippen LogP contribution is -2.38. The van der Waals surface area contributed by atoms with E-state index in [9.17, 15) is 13.2 Å². The maximum Gasteiger partial charge on any atom is 0.245 e. The van der Waals surface area contributed by atoms with Crippen LogP contribution < -0.4 is 10.5 Å². The Labute approximate surface area is 124 Å². The van der Waals surface area contributed by atoms with E-state index in [1.807, 2.05) is 0 Å². The van der Waals surface area contributed by atoms with E-state index in [-0.39, 0.29) is 23.0 Å². The van der Waals surface area contributed by atoms with Crippen molar-refractivity contribution in [3.63, 3.8) is 0 Å². The molecule has 0 aliphatic carbocycles. The number of amides is 1. The monoisotopic (exact) mass is 313 g/mol.